The van der Waals surface area contributed by atoms with Crippen molar-refractivity contribution in [1.29, 1.82) is 0 Å². The lowest BCUT2D eigenvalue weighted by atomic mass is 10.4. The summed E-state index contributed by atoms with van der Waals surface area (Å²) in [7, 11) is -3.62. The molecule has 3 aromatic heterocycles. The van der Waals surface area contributed by atoms with Crippen molar-refractivity contribution >= 4 is 21.4 Å². The lowest BCUT2D eigenvalue weighted by Crippen LogP contribution is -2.27. The van der Waals surface area contributed by atoms with Crippen LogP contribution in [0, 0.1) is 13.8 Å². The van der Waals surface area contributed by atoms with E-state index in [-0.39, 0.29) is 11.4 Å². The molecule has 0 aliphatic carbocycles. The van der Waals surface area contributed by atoms with Crippen molar-refractivity contribution < 1.29 is 12.9 Å². The van der Waals surface area contributed by atoms with Crippen molar-refractivity contribution in [2.45, 2.75) is 25.2 Å². The SMILES string of the molecule is Cc1n[nH]c(C)c1S(=O)(=O)NCCc1nc(-c2cccs2)no1. The van der Waals surface area contributed by atoms with Gasteiger partial charge in [-0.15, -0.1) is 11.3 Å². The Balaban J connectivity index is 1.64. The van der Waals surface area contributed by atoms with Crippen LogP contribution in [0.3, 0.4) is 0 Å². The summed E-state index contributed by atoms with van der Waals surface area (Å²) < 4.78 is 32.2. The highest BCUT2D eigenvalue weighted by Gasteiger charge is 2.22. The average Bonchev–Trinajstić information content (AvgIpc) is 3.19. The number of thiophene rings is 1. The quantitative estimate of drug-likeness (QED) is 0.696. The predicted octanol–water partition coefficient (Wildman–Crippen LogP) is 1.66. The number of rotatable bonds is 6. The second-order valence-corrected chi connectivity index (χ2v) is 7.55. The Labute approximate surface area is 137 Å². The van der Waals surface area contributed by atoms with E-state index in [9.17, 15) is 8.42 Å². The van der Waals surface area contributed by atoms with Crippen molar-refractivity contribution in [3.63, 3.8) is 0 Å². The molecule has 122 valence electrons. The average molecular weight is 353 g/mol. The fourth-order valence-corrected chi connectivity index (χ4v) is 4.21. The molecule has 10 heteroatoms. The zero-order valence-electron chi connectivity index (χ0n) is 12.5. The maximum absolute atomic E-state index is 12.3. The van der Waals surface area contributed by atoms with Gasteiger partial charge in [0.2, 0.25) is 21.7 Å². The predicted molar refractivity (Wildman–Crippen MR) is 84.6 cm³/mol. The summed E-state index contributed by atoms with van der Waals surface area (Å²) in [6.45, 7) is 3.47. The van der Waals surface area contributed by atoms with Gasteiger partial charge in [0.25, 0.3) is 0 Å². The van der Waals surface area contributed by atoms with E-state index in [1.165, 1.54) is 11.3 Å². The Morgan fingerprint density at radius 3 is 2.87 bits per heavy atom. The topological polar surface area (TPSA) is 114 Å². The minimum atomic E-state index is -3.62. The van der Waals surface area contributed by atoms with Crippen LogP contribution in [0.15, 0.2) is 26.9 Å². The molecule has 23 heavy (non-hydrogen) atoms. The second-order valence-electron chi connectivity index (χ2n) is 4.90. The first-order chi connectivity index (χ1) is 11.0. The normalized spacial score (nSPS) is 11.9. The molecule has 8 nitrogen and oxygen atoms in total. The molecule has 0 atom stereocenters. The van der Waals surface area contributed by atoms with Crippen molar-refractivity contribution in [2.24, 2.45) is 0 Å². The molecule has 0 saturated heterocycles. The van der Waals surface area contributed by atoms with Gasteiger partial charge in [0, 0.05) is 13.0 Å². The van der Waals surface area contributed by atoms with Crippen LogP contribution in [-0.4, -0.2) is 35.3 Å². The maximum Gasteiger partial charge on any atom is 0.244 e. The summed E-state index contributed by atoms with van der Waals surface area (Å²) in [6, 6.07) is 3.80. The van der Waals surface area contributed by atoms with Crippen molar-refractivity contribution in [3.05, 3.63) is 34.8 Å². The maximum atomic E-state index is 12.3. The zero-order valence-corrected chi connectivity index (χ0v) is 14.2. The van der Waals surface area contributed by atoms with Gasteiger partial charge >= 0.3 is 0 Å². The number of sulfonamides is 1. The Hall–Kier alpha value is -2.04. The molecule has 0 radical (unpaired) electrons. The number of aromatic nitrogens is 4. The van der Waals surface area contributed by atoms with Crippen LogP contribution in [0.2, 0.25) is 0 Å². The fraction of sp³-hybridized carbons (Fsp3) is 0.308. The molecule has 3 heterocycles. The van der Waals surface area contributed by atoms with E-state index < -0.39 is 10.0 Å². The highest BCUT2D eigenvalue weighted by molar-refractivity contribution is 7.89. The molecule has 0 aromatic carbocycles. The fourth-order valence-electron chi connectivity index (χ4n) is 2.16. The van der Waals surface area contributed by atoms with Crippen LogP contribution in [0.4, 0.5) is 0 Å². The van der Waals surface area contributed by atoms with Crippen LogP contribution < -0.4 is 4.72 Å². The molecule has 0 bridgehead atoms. The third-order valence-corrected chi connectivity index (χ3v) is 5.76. The largest absolute Gasteiger partial charge is 0.339 e. The third-order valence-electron chi connectivity index (χ3n) is 3.17. The first-order valence-corrected chi connectivity index (χ1v) is 9.21. The van der Waals surface area contributed by atoms with E-state index >= 15 is 0 Å². The van der Waals surface area contributed by atoms with Gasteiger partial charge < -0.3 is 4.52 Å². The van der Waals surface area contributed by atoms with Crippen LogP contribution in [-0.2, 0) is 16.4 Å². The molecule has 0 amide bonds. The highest BCUT2D eigenvalue weighted by atomic mass is 32.2. The van der Waals surface area contributed by atoms with E-state index in [0.717, 1.165) is 4.88 Å². The van der Waals surface area contributed by atoms with Crippen LogP contribution in [0.1, 0.15) is 17.3 Å². The summed E-state index contributed by atoms with van der Waals surface area (Å²) in [5.41, 5.74) is 0.945. The molecule has 2 N–H and O–H groups in total. The Kier molecular flexibility index (Phi) is 4.28. The number of hydrogen-bond donors (Lipinski definition) is 2. The number of hydrogen-bond acceptors (Lipinski definition) is 7. The van der Waals surface area contributed by atoms with Gasteiger partial charge in [0.05, 0.1) is 16.3 Å². The smallest absolute Gasteiger partial charge is 0.244 e. The number of nitrogens with zero attached hydrogens (tertiary/aromatic N) is 3. The summed E-state index contributed by atoms with van der Waals surface area (Å²) in [4.78, 5) is 5.34. The third kappa shape index (κ3) is 3.33. The van der Waals surface area contributed by atoms with Gasteiger partial charge in [-0.3, -0.25) is 5.10 Å². The van der Waals surface area contributed by atoms with E-state index in [1.807, 2.05) is 17.5 Å². The molecule has 0 aliphatic rings. The molecule has 0 unspecified atom stereocenters. The molecule has 0 fully saturated rings. The van der Waals surface area contributed by atoms with Gasteiger partial charge in [0.15, 0.2) is 0 Å². The zero-order chi connectivity index (χ0) is 16.4. The number of nitrogens with one attached hydrogen (secondary N) is 2. The Bertz CT molecular complexity index is 877. The molecule has 0 aliphatic heterocycles. The lowest BCUT2D eigenvalue weighted by molar-refractivity contribution is 0.379. The van der Waals surface area contributed by atoms with E-state index in [1.54, 1.807) is 13.8 Å². The van der Waals surface area contributed by atoms with Gasteiger partial charge in [-0.2, -0.15) is 10.1 Å². The Morgan fingerprint density at radius 1 is 1.39 bits per heavy atom. The van der Waals surface area contributed by atoms with Crippen LogP contribution in [0.25, 0.3) is 10.7 Å². The van der Waals surface area contributed by atoms with E-state index in [2.05, 4.69) is 25.1 Å². The summed E-state index contributed by atoms with van der Waals surface area (Å²) in [5, 5.41) is 12.4. The molecule has 3 aromatic rings. The van der Waals surface area contributed by atoms with Crippen molar-refractivity contribution in [1.82, 2.24) is 25.1 Å². The van der Waals surface area contributed by atoms with Gasteiger partial charge in [-0.1, -0.05) is 11.2 Å². The highest BCUT2D eigenvalue weighted by Crippen LogP contribution is 2.21. The van der Waals surface area contributed by atoms with Crippen LogP contribution in [0.5, 0.6) is 0 Å². The molecule has 3 rings (SSSR count). The minimum absolute atomic E-state index is 0.165. The van der Waals surface area contributed by atoms with Crippen LogP contribution >= 0.6 is 11.3 Å². The lowest BCUT2D eigenvalue weighted by Gasteiger charge is -2.05. The summed E-state index contributed by atoms with van der Waals surface area (Å²) in [5.74, 6) is 0.899. The number of aromatic amines is 1. The molecular weight excluding hydrogens is 338 g/mol. The first-order valence-electron chi connectivity index (χ1n) is 6.85. The van der Waals surface area contributed by atoms with Gasteiger partial charge in [-0.05, 0) is 25.3 Å². The van der Waals surface area contributed by atoms with Crippen molar-refractivity contribution in [3.8, 4) is 10.7 Å². The Morgan fingerprint density at radius 2 is 2.22 bits per heavy atom. The number of aryl methyl sites for hydroxylation is 2. The van der Waals surface area contributed by atoms with E-state index in [0.29, 0.717) is 29.5 Å². The number of H-pyrrole nitrogens is 1. The second kappa shape index (κ2) is 6.22. The van der Waals surface area contributed by atoms with Crippen molar-refractivity contribution in [2.75, 3.05) is 6.54 Å². The molecule has 0 spiro atoms. The minimum Gasteiger partial charge on any atom is -0.339 e. The molecule has 0 saturated carbocycles. The van der Waals surface area contributed by atoms with Gasteiger partial charge in [0.1, 0.15) is 4.90 Å². The monoisotopic (exact) mass is 353 g/mol. The summed E-state index contributed by atoms with van der Waals surface area (Å²) >= 11 is 1.51. The standard InChI is InChI=1S/C13H15N5O3S2/c1-8-12(9(2)17-16-8)23(19,20)14-6-5-11-15-13(18-21-11)10-4-3-7-22-10/h3-4,7,14H,5-6H2,1-2H3,(H,16,17). The summed E-state index contributed by atoms with van der Waals surface area (Å²) in [6.07, 6.45) is 0.313. The molecular formula is C13H15N5O3S2. The van der Waals surface area contributed by atoms with E-state index in [4.69, 9.17) is 4.52 Å². The van der Waals surface area contributed by atoms with Gasteiger partial charge in [-0.25, -0.2) is 13.1 Å². The first kappa shape index (κ1) is 15.8.